The maximum Gasteiger partial charge on any atom is 0.258 e. The van der Waals surface area contributed by atoms with E-state index in [1.165, 1.54) is 30.3 Å². The molecule has 1 aromatic rings. The van der Waals surface area contributed by atoms with Gasteiger partial charge in [-0.2, -0.15) is 9.65 Å². The SMILES string of the molecule is CC(CC#N)N(C)C(=O)c1cccnc1F. The highest BCUT2D eigenvalue weighted by Gasteiger charge is 2.20. The Hall–Kier alpha value is -1.96. The van der Waals surface area contributed by atoms with Gasteiger partial charge in [-0.3, -0.25) is 4.79 Å². The van der Waals surface area contributed by atoms with E-state index in [0.717, 1.165) is 0 Å². The second kappa shape index (κ2) is 5.21. The number of carbonyl (C=O) groups excluding carboxylic acids is 1. The van der Waals surface area contributed by atoms with Crippen LogP contribution in [0, 0.1) is 17.3 Å². The minimum atomic E-state index is -0.788. The highest BCUT2D eigenvalue weighted by Crippen LogP contribution is 2.10. The Morgan fingerprint density at radius 1 is 1.75 bits per heavy atom. The lowest BCUT2D eigenvalue weighted by Gasteiger charge is -2.22. The molecule has 0 saturated heterocycles. The standard InChI is InChI=1S/C11H12FN3O/c1-8(5-6-13)15(2)11(16)9-4-3-7-14-10(9)12/h3-4,7-8H,5H2,1-2H3. The Labute approximate surface area is 93.3 Å². The summed E-state index contributed by atoms with van der Waals surface area (Å²) in [5.41, 5.74) is -0.0743. The van der Waals surface area contributed by atoms with Crippen LogP contribution >= 0.6 is 0 Å². The van der Waals surface area contributed by atoms with Crippen molar-refractivity contribution in [2.45, 2.75) is 19.4 Å². The molecule has 1 rings (SSSR count). The van der Waals surface area contributed by atoms with E-state index in [1.54, 1.807) is 6.92 Å². The van der Waals surface area contributed by atoms with Gasteiger partial charge < -0.3 is 4.90 Å². The molecule has 0 fully saturated rings. The Morgan fingerprint density at radius 2 is 2.44 bits per heavy atom. The third-order valence-corrected chi connectivity index (χ3v) is 2.36. The summed E-state index contributed by atoms with van der Waals surface area (Å²) >= 11 is 0. The van der Waals surface area contributed by atoms with Crippen LogP contribution in [0.5, 0.6) is 0 Å². The molecule has 1 unspecified atom stereocenters. The van der Waals surface area contributed by atoms with E-state index in [0.29, 0.717) is 0 Å². The number of hydrogen-bond donors (Lipinski definition) is 0. The molecule has 5 heteroatoms. The molecule has 0 N–H and O–H groups in total. The van der Waals surface area contributed by atoms with Crippen molar-refractivity contribution in [1.82, 2.24) is 9.88 Å². The van der Waals surface area contributed by atoms with Crippen molar-refractivity contribution < 1.29 is 9.18 Å². The molecular formula is C11H12FN3O. The summed E-state index contributed by atoms with van der Waals surface area (Å²) in [7, 11) is 1.54. The molecule has 0 saturated carbocycles. The number of hydrogen-bond acceptors (Lipinski definition) is 3. The molecule has 1 amide bonds. The largest absolute Gasteiger partial charge is 0.338 e. The van der Waals surface area contributed by atoms with Crippen molar-refractivity contribution in [2.75, 3.05) is 7.05 Å². The predicted molar refractivity (Wildman–Crippen MR) is 56.0 cm³/mol. The highest BCUT2D eigenvalue weighted by atomic mass is 19.1. The van der Waals surface area contributed by atoms with Gasteiger partial charge in [0.25, 0.3) is 5.91 Å². The third-order valence-electron chi connectivity index (χ3n) is 2.36. The number of nitriles is 1. The van der Waals surface area contributed by atoms with Gasteiger partial charge in [0.15, 0.2) is 0 Å². The molecule has 0 aliphatic rings. The zero-order valence-electron chi connectivity index (χ0n) is 9.14. The molecule has 1 atom stereocenters. The first kappa shape index (κ1) is 12.1. The van der Waals surface area contributed by atoms with Gasteiger partial charge in [0.1, 0.15) is 0 Å². The van der Waals surface area contributed by atoms with Gasteiger partial charge in [0, 0.05) is 19.3 Å². The number of aromatic nitrogens is 1. The smallest absolute Gasteiger partial charge is 0.258 e. The number of nitrogens with zero attached hydrogens (tertiary/aromatic N) is 3. The van der Waals surface area contributed by atoms with E-state index in [1.807, 2.05) is 6.07 Å². The molecule has 0 spiro atoms. The summed E-state index contributed by atoms with van der Waals surface area (Å²) in [6.45, 7) is 1.73. The van der Waals surface area contributed by atoms with E-state index in [9.17, 15) is 9.18 Å². The fourth-order valence-electron chi connectivity index (χ4n) is 1.20. The molecule has 1 heterocycles. The summed E-state index contributed by atoms with van der Waals surface area (Å²) in [5.74, 6) is -1.25. The summed E-state index contributed by atoms with van der Waals surface area (Å²) in [6, 6.07) is 4.59. The van der Waals surface area contributed by atoms with E-state index in [-0.39, 0.29) is 18.0 Å². The van der Waals surface area contributed by atoms with Crippen molar-refractivity contribution in [2.24, 2.45) is 0 Å². The van der Waals surface area contributed by atoms with Gasteiger partial charge in [-0.1, -0.05) is 0 Å². The van der Waals surface area contributed by atoms with E-state index in [2.05, 4.69) is 4.98 Å². The van der Waals surface area contributed by atoms with Gasteiger partial charge in [0.2, 0.25) is 5.95 Å². The minimum absolute atomic E-state index is 0.0743. The van der Waals surface area contributed by atoms with Crippen LogP contribution in [0.15, 0.2) is 18.3 Å². The minimum Gasteiger partial charge on any atom is -0.338 e. The molecule has 1 aromatic heterocycles. The quantitative estimate of drug-likeness (QED) is 0.728. The van der Waals surface area contributed by atoms with Crippen molar-refractivity contribution in [1.29, 1.82) is 5.26 Å². The molecular weight excluding hydrogens is 209 g/mol. The maximum absolute atomic E-state index is 13.2. The fraction of sp³-hybridized carbons (Fsp3) is 0.364. The number of rotatable bonds is 3. The Balaban J connectivity index is 2.87. The molecule has 16 heavy (non-hydrogen) atoms. The Kier molecular flexibility index (Phi) is 3.95. The van der Waals surface area contributed by atoms with Crippen LogP contribution in [0.4, 0.5) is 4.39 Å². The van der Waals surface area contributed by atoms with Crippen LogP contribution in [0.25, 0.3) is 0 Å². The molecule has 84 valence electrons. The first-order valence-corrected chi connectivity index (χ1v) is 4.82. The fourth-order valence-corrected chi connectivity index (χ4v) is 1.20. The van der Waals surface area contributed by atoms with E-state index >= 15 is 0 Å². The highest BCUT2D eigenvalue weighted by molar-refractivity contribution is 5.94. The number of carbonyl (C=O) groups is 1. The summed E-state index contributed by atoms with van der Waals surface area (Å²) in [4.78, 5) is 16.6. The van der Waals surface area contributed by atoms with Gasteiger partial charge in [-0.05, 0) is 19.1 Å². The van der Waals surface area contributed by atoms with Crippen molar-refractivity contribution in [3.63, 3.8) is 0 Å². The first-order chi connectivity index (χ1) is 7.57. The maximum atomic E-state index is 13.2. The second-order valence-corrected chi connectivity index (χ2v) is 3.47. The summed E-state index contributed by atoms with van der Waals surface area (Å²) in [5, 5.41) is 8.52. The zero-order chi connectivity index (χ0) is 12.1. The van der Waals surface area contributed by atoms with Crippen LogP contribution in [0.2, 0.25) is 0 Å². The lowest BCUT2D eigenvalue weighted by atomic mass is 10.2. The Morgan fingerprint density at radius 3 is 3.00 bits per heavy atom. The molecule has 0 aliphatic heterocycles. The lowest BCUT2D eigenvalue weighted by Crippen LogP contribution is -2.35. The predicted octanol–water partition coefficient (Wildman–Crippen LogP) is 1.59. The third kappa shape index (κ3) is 2.54. The van der Waals surface area contributed by atoms with Crippen LogP contribution in [-0.4, -0.2) is 28.9 Å². The average Bonchev–Trinajstić information content (AvgIpc) is 2.28. The topological polar surface area (TPSA) is 57.0 Å². The molecule has 4 nitrogen and oxygen atoms in total. The van der Waals surface area contributed by atoms with Crippen molar-refractivity contribution in [3.05, 3.63) is 29.8 Å². The van der Waals surface area contributed by atoms with Gasteiger partial charge in [0.05, 0.1) is 18.1 Å². The number of pyridine rings is 1. The average molecular weight is 221 g/mol. The van der Waals surface area contributed by atoms with Crippen LogP contribution in [-0.2, 0) is 0 Å². The molecule has 0 radical (unpaired) electrons. The molecule has 0 bridgehead atoms. The summed E-state index contributed by atoms with van der Waals surface area (Å²) in [6.07, 6.45) is 1.49. The zero-order valence-corrected chi connectivity index (χ0v) is 9.14. The van der Waals surface area contributed by atoms with Crippen molar-refractivity contribution >= 4 is 5.91 Å². The monoisotopic (exact) mass is 221 g/mol. The second-order valence-electron chi connectivity index (χ2n) is 3.47. The van der Waals surface area contributed by atoms with Gasteiger partial charge >= 0.3 is 0 Å². The normalized spacial score (nSPS) is 11.6. The number of amides is 1. The lowest BCUT2D eigenvalue weighted by molar-refractivity contribution is 0.0740. The first-order valence-electron chi connectivity index (χ1n) is 4.82. The van der Waals surface area contributed by atoms with Crippen LogP contribution < -0.4 is 0 Å². The van der Waals surface area contributed by atoms with Crippen molar-refractivity contribution in [3.8, 4) is 6.07 Å². The molecule has 0 aliphatic carbocycles. The van der Waals surface area contributed by atoms with Gasteiger partial charge in [-0.15, -0.1) is 0 Å². The van der Waals surface area contributed by atoms with Crippen LogP contribution in [0.1, 0.15) is 23.7 Å². The Bertz CT molecular complexity index is 427. The van der Waals surface area contributed by atoms with Gasteiger partial charge in [-0.25, -0.2) is 4.98 Å². The van der Waals surface area contributed by atoms with Crippen LogP contribution in [0.3, 0.4) is 0 Å². The summed E-state index contributed by atoms with van der Waals surface area (Å²) < 4.78 is 13.2. The van der Waals surface area contributed by atoms with E-state index in [4.69, 9.17) is 5.26 Å². The molecule has 0 aromatic carbocycles. The number of halogens is 1. The van der Waals surface area contributed by atoms with E-state index < -0.39 is 11.9 Å².